The highest BCUT2D eigenvalue weighted by Gasteiger charge is 2.12. The maximum atomic E-state index is 10.8. The van der Waals surface area contributed by atoms with Gasteiger partial charge >= 0.3 is 0 Å². The Morgan fingerprint density at radius 1 is 1.33 bits per heavy atom. The van der Waals surface area contributed by atoms with Crippen LogP contribution < -0.4 is 10.5 Å². The van der Waals surface area contributed by atoms with E-state index >= 15 is 0 Å². The number of hydrogen-bond donors (Lipinski definition) is 1. The summed E-state index contributed by atoms with van der Waals surface area (Å²) in [5.74, 6) is 1.57. The fourth-order valence-corrected chi connectivity index (χ4v) is 1.80. The first-order chi connectivity index (χ1) is 9.99. The van der Waals surface area contributed by atoms with Crippen molar-refractivity contribution >= 4 is 11.5 Å². The Hall–Kier alpha value is -2.70. The van der Waals surface area contributed by atoms with E-state index < -0.39 is 4.92 Å². The number of nitro groups is 1. The van der Waals surface area contributed by atoms with Gasteiger partial charge in [0.25, 0.3) is 5.69 Å². The summed E-state index contributed by atoms with van der Waals surface area (Å²) in [6.07, 6.45) is 1.58. The predicted molar refractivity (Wildman–Crippen MR) is 78.3 cm³/mol. The molecule has 0 aliphatic rings. The zero-order chi connectivity index (χ0) is 15.4. The molecule has 21 heavy (non-hydrogen) atoms. The first-order valence-electron chi connectivity index (χ1n) is 6.56. The Balaban J connectivity index is 2.33. The molecule has 0 spiro atoms. The van der Waals surface area contributed by atoms with Crippen LogP contribution in [0.1, 0.15) is 24.7 Å². The van der Waals surface area contributed by atoms with E-state index in [1.807, 2.05) is 6.92 Å². The lowest BCUT2D eigenvalue weighted by Crippen LogP contribution is -2.02. The van der Waals surface area contributed by atoms with Crippen molar-refractivity contribution in [1.29, 1.82) is 0 Å². The van der Waals surface area contributed by atoms with Crippen LogP contribution in [0.5, 0.6) is 11.6 Å². The smallest absolute Gasteiger partial charge is 0.273 e. The van der Waals surface area contributed by atoms with E-state index in [1.54, 1.807) is 13.0 Å². The molecule has 0 saturated heterocycles. The van der Waals surface area contributed by atoms with Crippen molar-refractivity contribution in [2.24, 2.45) is 0 Å². The van der Waals surface area contributed by atoms with E-state index in [0.717, 1.165) is 12.0 Å². The summed E-state index contributed by atoms with van der Waals surface area (Å²) in [6, 6.07) is 5.93. The maximum Gasteiger partial charge on any atom is 0.273 e. The summed E-state index contributed by atoms with van der Waals surface area (Å²) in [5, 5.41) is 10.8. The van der Waals surface area contributed by atoms with Gasteiger partial charge in [-0.3, -0.25) is 10.1 Å². The highest BCUT2D eigenvalue weighted by atomic mass is 16.6. The normalized spacial score (nSPS) is 10.4. The molecule has 0 saturated carbocycles. The van der Waals surface area contributed by atoms with Gasteiger partial charge in [0.05, 0.1) is 11.0 Å². The molecule has 0 atom stereocenters. The molecule has 0 radical (unpaired) electrons. The van der Waals surface area contributed by atoms with Crippen LogP contribution in [0.3, 0.4) is 0 Å². The van der Waals surface area contributed by atoms with Gasteiger partial charge < -0.3 is 10.5 Å². The number of benzene rings is 1. The minimum absolute atomic E-state index is 0.0357. The van der Waals surface area contributed by atoms with E-state index in [1.165, 1.54) is 18.2 Å². The fourth-order valence-electron chi connectivity index (χ4n) is 1.80. The van der Waals surface area contributed by atoms with Crippen molar-refractivity contribution in [3.05, 3.63) is 45.8 Å². The SMILES string of the molecule is CCCc1nc(N)cc(Oc2cc([N+](=O)[O-])ccc2C)n1. The molecule has 0 amide bonds. The first-order valence-corrected chi connectivity index (χ1v) is 6.56. The highest BCUT2D eigenvalue weighted by molar-refractivity contribution is 5.46. The van der Waals surface area contributed by atoms with E-state index in [2.05, 4.69) is 9.97 Å². The Labute approximate surface area is 121 Å². The van der Waals surface area contributed by atoms with Crippen LogP contribution in [0.15, 0.2) is 24.3 Å². The quantitative estimate of drug-likeness (QED) is 0.669. The van der Waals surface area contributed by atoms with Crippen molar-refractivity contribution in [2.75, 3.05) is 5.73 Å². The van der Waals surface area contributed by atoms with Gasteiger partial charge in [-0.15, -0.1) is 0 Å². The Kier molecular flexibility index (Phi) is 4.32. The molecular formula is C14H16N4O3. The Bertz CT molecular complexity index is 673. The first kappa shape index (κ1) is 14.7. The van der Waals surface area contributed by atoms with Gasteiger partial charge in [-0.2, -0.15) is 4.98 Å². The van der Waals surface area contributed by atoms with Crippen LogP contribution in [0, 0.1) is 17.0 Å². The van der Waals surface area contributed by atoms with Crippen LogP contribution in [0.2, 0.25) is 0 Å². The van der Waals surface area contributed by atoms with E-state index in [-0.39, 0.29) is 11.6 Å². The highest BCUT2D eigenvalue weighted by Crippen LogP contribution is 2.28. The van der Waals surface area contributed by atoms with E-state index in [9.17, 15) is 10.1 Å². The standard InChI is InChI=1S/C14H16N4O3/c1-3-4-13-16-12(15)8-14(17-13)21-11-7-10(18(19)20)6-5-9(11)2/h5-8H,3-4H2,1-2H3,(H2,15,16,17). The monoisotopic (exact) mass is 288 g/mol. The van der Waals surface area contributed by atoms with Crippen molar-refractivity contribution in [1.82, 2.24) is 9.97 Å². The number of hydrogen-bond acceptors (Lipinski definition) is 6. The van der Waals surface area contributed by atoms with Crippen LogP contribution in [0.4, 0.5) is 11.5 Å². The largest absolute Gasteiger partial charge is 0.438 e. The Morgan fingerprint density at radius 2 is 2.10 bits per heavy atom. The van der Waals surface area contributed by atoms with Crippen molar-refractivity contribution < 1.29 is 9.66 Å². The molecule has 7 nitrogen and oxygen atoms in total. The number of ether oxygens (including phenoxy) is 1. The van der Waals surface area contributed by atoms with E-state index in [4.69, 9.17) is 10.5 Å². The maximum absolute atomic E-state index is 10.8. The number of anilines is 1. The average Bonchev–Trinajstić information content (AvgIpc) is 2.40. The summed E-state index contributed by atoms with van der Waals surface area (Å²) < 4.78 is 5.63. The number of aromatic nitrogens is 2. The number of rotatable bonds is 5. The molecule has 2 aromatic rings. The van der Waals surface area contributed by atoms with Gasteiger partial charge in [-0.05, 0) is 25.0 Å². The van der Waals surface area contributed by atoms with Crippen LogP contribution in [0.25, 0.3) is 0 Å². The molecule has 0 bridgehead atoms. The number of nitrogens with zero attached hydrogens (tertiary/aromatic N) is 3. The summed E-state index contributed by atoms with van der Waals surface area (Å²) in [5.41, 5.74) is 6.46. The fraction of sp³-hybridized carbons (Fsp3) is 0.286. The molecule has 1 aromatic heterocycles. The lowest BCUT2D eigenvalue weighted by Gasteiger charge is -2.09. The number of non-ortho nitro benzene ring substituents is 1. The minimum Gasteiger partial charge on any atom is -0.438 e. The third-order valence-corrected chi connectivity index (χ3v) is 2.84. The van der Waals surface area contributed by atoms with Gasteiger partial charge in [0.1, 0.15) is 17.4 Å². The van der Waals surface area contributed by atoms with Crippen LogP contribution in [-0.2, 0) is 6.42 Å². The third kappa shape index (κ3) is 3.65. The molecule has 0 aliphatic heterocycles. The molecular weight excluding hydrogens is 272 g/mol. The number of nitrogen functional groups attached to an aromatic ring is 1. The zero-order valence-corrected chi connectivity index (χ0v) is 11.9. The summed E-state index contributed by atoms with van der Waals surface area (Å²) in [7, 11) is 0. The van der Waals surface area contributed by atoms with Gasteiger partial charge in [0, 0.05) is 18.6 Å². The molecule has 2 N–H and O–H groups in total. The molecule has 1 aromatic carbocycles. The second-order valence-corrected chi connectivity index (χ2v) is 4.61. The number of nitro benzene ring substituents is 1. The summed E-state index contributed by atoms with van der Waals surface area (Å²) in [4.78, 5) is 18.7. The molecule has 0 aliphatic carbocycles. The zero-order valence-electron chi connectivity index (χ0n) is 11.9. The minimum atomic E-state index is -0.469. The third-order valence-electron chi connectivity index (χ3n) is 2.84. The number of nitrogens with two attached hydrogens (primary N) is 1. The lowest BCUT2D eigenvalue weighted by atomic mass is 10.2. The lowest BCUT2D eigenvalue weighted by molar-refractivity contribution is -0.384. The van der Waals surface area contributed by atoms with Gasteiger partial charge in [0.2, 0.25) is 5.88 Å². The number of aryl methyl sites for hydroxylation is 2. The second kappa shape index (κ2) is 6.17. The van der Waals surface area contributed by atoms with Crippen molar-refractivity contribution in [3.8, 4) is 11.6 Å². The Morgan fingerprint density at radius 3 is 2.76 bits per heavy atom. The van der Waals surface area contributed by atoms with Gasteiger partial charge in [-0.25, -0.2) is 4.98 Å². The van der Waals surface area contributed by atoms with Gasteiger partial charge in [0.15, 0.2) is 0 Å². The topological polar surface area (TPSA) is 104 Å². The molecule has 110 valence electrons. The second-order valence-electron chi connectivity index (χ2n) is 4.61. The molecule has 2 rings (SSSR count). The molecule has 1 heterocycles. The summed E-state index contributed by atoms with van der Waals surface area (Å²) in [6.45, 7) is 3.81. The van der Waals surface area contributed by atoms with Gasteiger partial charge in [-0.1, -0.05) is 6.92 Å². The molecule has 0 unspecified atom stereocenters. The van der Waals surface area contributed by atoms with Crippen molar-refractivity contribution in [3.63, 3.8) is 0 Å². The molecule has 0 fully saturated rings. The van der Waals surface area contributed by atoms with Crippen LogP contribution >= 0.6 is 0 Å². The van der Waals surface area contributed by atoms with E-state index in [0.29, 0.717) is 23.8 Å². The van der Waals surface area contributed by atoms with Crippen LogP contribution in [-0.4, -0.2) is 14.9 Å². The predicted octanol–water partition coefficient (Wildman–Crippen LogP) is 3.02. The average molecular weight is 288 g/mol. The molecule has 7 heteroatoms. The summed E-state index contributed by atoms with van der Waals surface area (Å²) >= 11 is 0. The van der Waals surface area contributed by atoms with Crippen molar-refractivity contribution in [2.45, 2.75) is 26.7 Å².